The number of rotatable bonds is 10. The summed E-state index contributed by atoms with van der Waals surface area (Å²) in [4.78, 5) is 42.4. The lowest BCUT2D eigenvalue weighted by Crippen LogP contribution is -2.15. The molecule has 11 heteroatoms. The van der Waals surface area contributed by atoms with E-state index < -0.39 is 11.9 Å². The Labute approximate surface area is 152 Å². The number of ether oxygens (including phenoxy) is 1. The molecule has 0 amide bonds. The Morgan fingerprint density at radius 1 is 0.630 bits per heavy atom. The van der Waals surface area contributed by atoms with Crippen LogP contribution < -0.4 is 9.78 Å². The minimum Gasteiger partial charge on any atom is -0.385 e. The fourth-order valence-corrected chi connectivity index (χ4v) is 1.77. The summed E-state index contributed by atoms with van der Waals surface area (Å²) in [6.07, 6.45) is 0. The lowest BCUT2D eigenvalue weighted by atomic mass is 10.2. The van der Waals surface area contributed by atoms with Crippen LogP contribution >= 0.6 is 0 Å². The van der Waals surface area contributed by atoms with E-state index in [1.54, 1.807) is 12.1 Å². The van der Waals surface area contributed by atoms with E-state index >= 15 is 0 Å². The Morgan fingerprint density at radius 3 is 1.44 bits per heavy atom. The Bertz CT molecular complexity index is 698. The van der Waals surface area contributed by atoms with Crippen LogP contribution in [0.1, 0.15) is 20.7 Å². The molecule has 0 heterocycles. The van der Waals surface area contributed by atoms with Gasteiger partial charge in [-0.05, 0) is 34.3 Å². The van der Waals surface area contributed by atoms with E-state index in [4.69, 9.17) is 14.5 Å². The Morgan fingerprint density at radius 2 is 1.04 bits per heavy atom. The molecule has 144 valence electrons. The lowest BCUT2D eigenvalue weighted by molar-refractivity contribution is -0.600. The summed E-state index contributed by atoms with van der Waals surface area (Å²) in [5, 5.41) is 16.7. The van der Waals surface area contributed by atoms with Crippen LogP contribution in [0.25, 0.3) is 0 Å². The van der Waals surface area contributed by atoms with Crippen LogP contribution in [0.2, 0.25) is 0 Å². The fourth-order valence-electron chi connectivity index (χ4n) is 1.77. The largest absolute Gasteiger partial charge is 0.385 e. The van der Waals surface area contributed by atoms with Gasteiger partial charge in [0, 0.05) is 10.1 Å². The molecule has 0 N–H and O–H groups in total. The van der Waals surface area contributed by atoms with Gasteiger partial charge in [0.15, 0.2) is 11.5 Å². The van der Waals surface area contributed by atoms with E-state index in [2.05, 4.69) is 29.9 Å². The van der Waals surface area contributed by atoms with E-state index in [-0.39, 0.29) is 22.6 Å². The first kappa shape index (κ1) is 20.3. The van der Waals surface area contributed by atoms with Crippen molar-refractivity contribution >= 4 is 11.9 Å². The Kier molecular flexibility index (Phi) is 8.12. The molecule has 0 bridgehead atoms. The quantitative estimate of drug-likeness (QED) is 0.198. The molecular weight excluding hydrogens is 368 g/mol. The number of para-hydroxylation sites is 2. The van der Waals surface area contributed by atoms with Crippen molar-refractivity contribution < 1.29 is 54.0 Å². The van der Waals surface area contributed by atoms with Gasteiger partial charge in [0.2, 0.25) is 0 Å². The Hall–Kier alpha value is -3.06. The molecule has 0 saturated carbocycles. The van der Waals surface area contributed by atoms with Gasteiger partial charge < -0.3 is 14.5 Å². The number of carbonyl (C=O) groups is 2. The molecule has 0 aliphatic carbocycles. The fraction of sp³-hybridized carbons (Fsp3) is 0.125. The smallest absolute Gasteiger partial charge is 0.349 e. The Balaban J connectivity index is 2.09. The highest BCUT2D eigenvalue weighted by molar-refractivity contribution is 6.04. The standard InChI is InChI=1S/C16H14O11/c1-19-24-26-22-13-9-5-3-7-11(13)15(17)21-16(18)12-8-4-6-10-14(12)23-27-25-20-2/h3-10H,1-2H3. The van der Waals surface area contributed by atoms with E-state index in [1.807, 2.05) is 0 Å². The van der Waals surface area contributed by atoms with Gasteiger partial charge in [-0.15, -0.1) is 0 Å². The van der Waals surface area contributed by atoms with E-state index in [1.165, 1.54) is 50.6 Å². The van der Waals surface area contributed by atoms with Gasteiger partial charge in [0.05, 0.1) is 14.2 Å². The highest BCUT2D eigenvalue weighted by Crippen LogP contribution is 2.23. The van der Waals surface area contributed by atoms with Crippen LogP contribution in [0.15, 0.2) is 48.5 Å². The number of benzene rings is 2. The van der Waals surface area contributed by atoms with Crippen LogP contribution in [-0.4, -0.2) is 26.2 Å². The summed E-state index contributed by atoms with van der Waals surface area (Å²) in [6, 6.07) is 11.6. The predicted octanol–water partition coefficient (Wildman–Crippen LogP) is 2.29. The normalized spacial score (nSPS) is 10.3. The van der Waals surface area contributed by atoms with Gasteiger partial charge in [0.1, 0.15) is 11.1 Å². The summed E-state index contributed by atoms with van der Waals surface area (Å²) in [5.74, 6) is -2.18. The average molecular weight is 382 g/mol. The van der Waals surface area contributed by atoms with Crippen molar-refractivity contribution in [3.8, 4) is 11.5 Å². The van der Waals surface area contributed by atoms with Gasteiger partial charge in [-0.3, -0.25) is 0 Å². The zero-order chi connectivity index (χ0) is 19.5. The monoisotopic (exact) mass is 382 g/mol. The van der Waals surface area contributed by atoms with Crippen molar-refractivity contribution in [3.63, 3.8) is 0 Å². The summed E-state index contributed by atoms with van der Waals surface area (Å²) in [7, 11) is 2.37. The zero-order valence-electron chi connectivity index (χ0n) is 14.1. The summed E-state index contributed by atoms with van der Waals surface area (Å²) in [6.45, 7) is 0. The molecule has 0 aliphatic heterocycles. The topological polar surface area (TPSA) is 117 Å². The number of hydrogen-bond donors (Lipinski definition) is 0. The van der Waals surface area contributed by atoms with Crippen LogP contribution in [-0.2, 0) is 34.7 Å². The number of hydrogen-bond acceptors (Lipinski definition) is 11. The van der Waals surface area contributed by atoms with Crippen molar-refractivity contribution in [2.75, 3.05) is 14.2 Å². The zero-order valence-corrected chi connectivity index (χ0v) is 14.1. The van der Waals surface area contributed by atoms with Crippen LogP contribution in [0.3, 0.4) is 0 Å². The highest BCUT2D eigenvalue weighted by atomic mass is 17.7. The predicted molar refractivity (Wildman–Crippen MR) is 82.2 cm³/mol. The minimum absolute atomic E-state index is 0.0753. The van der Waals surface area contributed by atoms with Crippen LogP contribution in [0.5, 0.6) is 11.5 Å². The molecule has 0 unspecified atom stereocenters. The van der Waals surface area contributed by atoms with Crippen molar-refractivity contribution in [1.29, 1.82) is 0 Å². The van der Waals surface area contributed by atoms with Crippen molar-refractivity contribution in [2.45, 2.75) is 0 Å². The molecule has 0 aromatic heterocycles. The second kappa shape index (κ2) is 10.8. The number of esters is 2. The highest BCUT2D eigenvalue weighted by Gasteiger charge is 2.22. The van der Waals surface area contributed by atoms with Crippen molar-refractivity contribution in [2.24, 2.45) is 0 Å². The first-order chi connectivity index (χ1) is 13.2. The molecule has 0 fully saturated rings. The maximum atomic E-state index is 12.3. The third-order valence-corrected chi connectivity index (χ3v) is 2.84. The average Bonchev–Trinajstić information content (AvgIpc) is 2.69. The first-order valence-corrected chi connectivity index (χ1v) is 7.20. The van der Waals surface area contributed by atoms with E-state index in [9.17, 15) is 9.59 Å². The summed E-state index contributed by atoms with van der Waals surface area (Å²) in [5.41, 5.74) is -0.217. The van der Waals surface area contributed by atoms with Gasteiger partial charge in [-0.1, -0.05) is 24.3 Å². The summed E-state index contributed by atoms with van der Waals surface area (Å²) >= 11 is 0. The maximum Gasteiger partial charge on any atom is 0.349 e. The molecule has 2 rings (SSSR count). The SMILES string of the molecule is COOOOc1ccccc1C(=O)OC(=O)c1ccccc1OOOOC. The molecule has 0 atom stereocenters. The molecule has 0 aliphatic rings. The molecule has 11 nitrogen and oxygen atoms in total. The minimum atomic E-state index is -1.01. The van der Waals surface area contributed by atoms with Crippen LogP contribution in [0.4, 0.5) is 0 Å². The van der Waals surface area contributed by atoms with Gasteiger partial charge in [0.25, 0.3) is 0 Å². The summed E-state index contributed by atoms with van der Waals surface area (Å²) < 4.78 is 4.82. The lowest BCUT2D eigenvalue weighted by Gasteiger charge is -2.09. The second-order valence-corrected chi connectivity index (χ2v) is 4.44. The van der Waals surface area contributed by atoms with Crippen molar-refractivity contribution in [1.82, 2.24) is 0 Å². The van der Waals surface area contributed by atoms with Gasteiger partial charge in [-0.25, -0.2) is 19.4 Å². The molecule has 27 heavy (non-hydrogen) atoms. The van der Waals surface area contributed by atoms with Gasteiger partial charge in [-0.2, -0.15) is 0 Å². The molecule has 0 radical (unpaired) electrons. The third kappa shape index (κ3) is 6.00. The molecule has 0 spiro atoms. The molecule has 2 aromatic carbocycles. The van der Waals surface area contributed by atoms with Crippen molar-refractivity contribution in [3.05, 3.63) is 59.7 Å². The van der Waals surface area contributed by atoms with E-state index in [0.717, 1.165) is 0 Å². The molecular formula is C16H14O11. The van der Waals surface area contributed by atoms with Gasteiger partial charge >= 0.3 is 11.9 Å². The molecule has 2 aromatic rings. The van der Waals surface area contributed by atoms with E-state index in [0.29, 0.717) is 0 Å². The first-order valence-electron chi connectivity index (χ1n) is 7.20. The van der Waals surface area contributed by atoms with Crippen LogP contribution in [0, 0.1) is 0 Å². The molecule has 0 saturated heterocycles. The number of carbonyl (C=O) groups excluding carboxylic acids is 2. The second-order valence-electron chi connectivity index (χ2n) is 4.44. The third-order valence-electron chi connectivity index (χ3n) is 2.84. The maximum absolute atomic E-state index is 12.3.